The van der Waals surface area contributed by atoms with Crippen molar-refractivity contribution in [1.29, 1.82) is 0 Å². The summed E-state index contributed by atoms with van der Waals surface area (Å²) >= 11 is 0. The highest BCUT2D eigenvalue weighted by molar-refractivity contribution is 5.72. The van der Waals surface area contributed by atoms with Crippen molar-refractivity contribution in [3.63, 3.8) is 0 Å². The quantitative estimate of drug-likeness (QED) is 0.731. The fourth-order valence-corrected chi connectivity index (χ4v) is 2.03. The van der Waals surface area contributed by atoms with Crippen LogP contribution in [0.2, 0.25) is 0 Å². The van der Waals surface area contributed by atoms with Gasteiger partial charge in [0.05, 0.1) is 12.8 Å². The zero-order valence-corrected chi connectivity index (χ0v) is 13.2. The number of nitrogens with zero attached hydrogens (tertiary/aromatic N) is 2. The Hall–Kier alpha value is -3.42. The highest BCUT2D eigenvalue weighted by atomic mass is 19.1. The van der Waals surface area contributed by atoms with E-state index in [2.05, 4.69) is 15.3 Å². The van der Waals surface area contributed by atoms with Crippen LogP contribution in [0.25, 0.3) is 0 Å². The minimum Gasteiger partial charge on any atom is -0.497 e. The van der Waals surface area contributed by atoms with Crippen LogP contribution in [0, 0.1) is 11.6 Å². The number of anilines is 3. The maximum atomic E-state index is 13.8. The van der Waals surface area contributed by atoms with Crippen LogP contribution in [0.5, 0.6) is 17.4 Å². The van der Waals surface area contributed by atoms with E-state index >= 15 is 0 Å². The standard InChI is InChI=1S/C17H14F2N4O2/c1-24-11-3-5-12(6-4-11)25-17-15(20)16(21-9-22-17)23-14-7-2-10(18)8-13(14)19/h2-9H,20H2,1H3,(H,21,22,23). The van der Waals surface area contributed by atoms with Gasteiger partial charge in [0.15, 0.2) is 5.82 Å². The summed E-state index contributed by atoms with van der Waals surface area (Å²) in [5.41, 5.74) is 6.10. The summed E-state index contributed by atoms with van der Waals surface area (Å²) in [5, 5.41) is 2.69. The van der Waals surface area contributed by atoms with Gasteiger partial charge in [-0.2, -0.15) is 4.98 Å². The van der Waals surface area contributed by atoms with Gasteiger partial charge in [0.25, 0.3) is 0 Å². The van der Waals surface area contributed by atoms with Crippen molar-refractivity contribution in [2.24, 2.45) is 0 Å². The maximum absolute atomic E-state index is 13.8. The highest BCUT2D eigenvalue weighted by Crippen LogP contribution is 2.32. The van der Waals surface area contributed by atoms with Crippen molar-refractivity contribution in [3.05, 3.63) is 60.4 Å². The Bertz CT molecular complexity index is 888. The molecule has 6 nitrogen and oxygen atoms in total. The second-order valence-corrected chi connectivity index (χ2v) is 4.97. The number of methoxy groups -OCH3 is 1. The van der Waals surface area contributed by atoms with Crippen LogP contribution in [0.4, 0.5) is 26.0 Å². The number of hydrogen-bond acceptors (Lipinski definition) is 6. The molecule has 0 aliphatic rings. The number of benzene rings is 2. The second kappa shape index (κ2) is 7.00. The SMILES string of the molecule is COc1ccc(Oc2ncnc(Nc3ccc(F)cc3F)c2N)cc1. The average Bonchev–Trinajstić information content (AvgIpc) is 2.61. The van der Waals surface area contributed by atoms with Gasteiger partial charge in [-0.25, -0.2) is 13.8 Å². The number of nitrogen functional groups attached to an aromatic ring is 1. The van der Waals surface area contributed by atoms with E-state index in [4.69, 9.17) is 15.2 Å². The molecule has 0 spiro atoms. The third-order valence-corrected chi connectivity index (χ3v) is 3.31. The molecule has 0 atom stereocenters. The van der Waals surface area contributed by atoms with Crippen LogP contribution in [-0.2, 0) is 0 Å². The Labute approximate surface area is 142 Å². The third-order valence-electron chi connectivity index (χ3n) is 3.31. The molecule has 0 aliphatic heterocycles. The van der Waals surface area contributed by atoms with Gasteiger partial charge in [0.2, 0.25) is 5.88 Å². The topological polar surface area (TPSA) is 82.3 Å². The van der Waals surface area contributed by atoms with Gasteiger partial charge in [-0.3, -0.25) is 0 Å². The van der Waals surface area contributed by atoms with Crippen LogP contribution < -0.4 is 20.5 Å². The Kier molecular flexibility index (Phi) is 4.60. The van der Waals surface area contributed by atoms with Crippen LogP contribution in [-0.4, -0.2) is 17.1 Å². The molecular weight excluding hydrogens is 330 g/mol. The zero-order valence-electron chi connectivity index (χ0n) is 13.2. The number of ether oxygens (including phenoxy) is 2. The second-order valence-electron chi connectivity index (χ2n) is 4.97. The summed E-state index contributed by atoms with van der Waals surface area (Å²) in [6, 6.07) is 9.95. The van der Waals surface area contributed by atoms with Gasteiger partial charge in [-0.05, 0) is 36.4 Å². The van der Waals surface area contributed by atoms with E-state index in [0.717, 1.165) is 12.1 Å². The molecule has 0 fully saturated rings. The molecule has 3 rings (SSSR count). The largest absolute Gasteiger partial charge is 0.497 e. The number of aromatic nitrogens is 2. The van der Waals surface area contributed by atoms with Gasteiger partial charge in [-0.1, -0.05) is 0 Å². The molecule has 0 amide bonds. The monoisotopic (exact) mass is 344 g/mol. The lowest BCUT2D eigenvalue weighted by Crippen LogP contribution is -2.04. The zero-order chi connectivity index (χ0) is 17.8. The summed E-state index contributed by atoms with van der Waals surface area (Å²) < 4.78 is 37.4. The first kappa shape index (κ1) is 16.4. The van der Waals surface area contributed by atoms with Gasteiger partial charge in [0.1, 0.15) is 35.1 Å². The summed E-state index contributed by atoms with van der Waals surface area (Å²) in [6.45, 7) is 0. The highest BCUT2D eigenvalue weighted by Gasteiger charge is 2.13. The molecule has 0 aliphatic carbocycles. The fraction of sp³-hybridized carbons (Fsp3) is 0.0588. The van der Waals surface area contributed by atoms with E-state index in [9.17, 15) is 8.78 Å². The van der Waals surface area contributed by atoms with E-state index in [1.165, 1.54) is 12.4 Å². The average molecular weight is 344 g/mol. The number of hydrogen-bond donors (Lipinski definition) is 2. The summed E-state index contributed by atoms with van der Waals surface area (Å²) in [4.78, 5) is 7.93. The Morgan fingerprint density at radius 2 is 1.72 bits per heavy atom. The molecule has 3 aromatic rings. The van der Waals surface area contributed by atoms with Crippen molar-refractivity contribution >= 4 is 17.2 Å². The number of rotatable bonds is 5. The first-order valence-electron chi connectivity index (χ1n) is 7.21. The minimum atomic E-state index is -0.768. The summed E-state index contributed by atoms with van der Waals surface area (Å²) in [5.74, 6) is -0.0330. The van der Waals surface area contributed by atoms with E-state index < -0.39 is 11.6 Å². The molecule has 0 radical (unpaired) electrons. The van der Waals surface area contributed by atoms with Gasteiger partial charge >= 0.3 is 0 Å². The van der Waals surface area contributed by atoms with E-state index in [1.807, 2.05) is 0 Å². The van der Waals surface area contributed by atoms with Gasteiger partial charge in [0, 0.05) is 6.07 Å². The molecule has 128 valence electrons. The molecule has 1 aromatic heterocycles. The van der Waals surface area contributed by atoms with Crippen molar-refractivity contribution in [3.8, 4) is 17.4 Å². The van der Waals surface area contributed by atoms with Crippen LogP contribution in [0.3, 0.4) is 0 Å². The smallest absolute Gasteiger partial charge is 0.248 e. The molecule has 0 bridgehead atoms. The first-order chi connectivity index (χ1) is 12.1. The van der Waals surface area contributed by atoms with Crippen molar-refractivity contribution in [2.75, 3.05) is 18.2 Å². The number of nitrogens with one attached hydrogen (secondary N) is 1. The molecule has 0 saturated carbocycles. The molecular formula is C17H14F2N4O2. The molecule has 25 heavy (non-hydrogen) atoms. The number of nitrogens with two attached hydrogens (primary N) is 1. The van der Waals surface area contributed by atoms with Crippen LogP contribution in [0.15, 0.2) is 48.8 Å². The third kappa shape index (κ3) is 3.74. The lowest BCUT2D eigenvalue weighted by Gasteiger charge is -2.12. The Morgan fingerprint density at radius 3 is 2.40 bits per heavy atom. The molecule has 3 N–H and O–H groups in total. The first-order valence-corrected chi connectivity index (χ1v) is 7.21. The molecule has 2 aromatic carbocycles. The lowest BCUT2D eigenvalue weighted by molar-refractivity contribution is 0.412. The van der Waals surface area contributed by atoms with E-state index in [-0.39, 0.29) is 23.1 Å². The van der Waals surface area contributed by atoms with Crippen molar-refractivity contribution < 1.29 is 18.3 Å². The Morgan fingerprint density at radius 1 is 1.00 bits per heavy atom. The van der Waals surface area contributed by atoms with E-state index in [1.54, 1.807) is 31.4 Å². The molecule has 0 unspecified atom stereocenters. The predicted octanol–water partition coefficient (Wildman–Crippen LogP) is 3.88. The molecule has 0 saturated heterocycles. The maximum Gasteiger partial charge on any atom is 0.248 e. The normalized spacial score (nSPS) is 10.4. The summed E-state index contributed by atoms with van der Waals surface area (Å²) in [7, 11) is 1.56. The van der Waals surface area contributed by atoms with Gasteiger partial charge in [-0.15, -0.1) is 0 Å². The molecule has 1 heterocycles. The summed E-state index contributed by atoms with van der Waals surface area (Å²) in [6.07, 6.45) is 1.22. The van der Waals surface area contributed by atoms with Crippen LogP contribution in [0.1, 0.15) is 0 Å². The van der Waals surface area contributed by atoms with Gasteiger partial charge < -0.3 is 20.5 Å². The minimum absolute atomic E-state index is 0.0298. The Balaban J connectivity index is 1.83. The molecule has 8 heteroatoms. The van der Waals surface area contributed by atoms with E-state index in [0.29, 0.717) is 11.5 Å². The van der Waals surface area contributed by atoms with Crippen molar-refractivity contribution in [1.82, 2.24) is 9.97 Å². The van der Waals surface area contributed by atoms with Crippen LogP contribution >= 0.6 is 0 Å². The number of halogens is 2. The van der Waals surface area contributed by atoms with Crippen molar-refractivity contribution in [2.45, 2.75) is 0 Å². The predicted molar refractivity (Wildman–Crippen MR) is 89.2 cm³/mol. The fourth-order valence-electron chi connectivity index (χ4n) is 2.03. The lowest BCUT2D eigenvalue weighted by atomic mass is 10.3.